The third kappa shape index (κ3) is 5.20. The summed E-state index contributed by atoms with van der Waals surface area (Å²) >= 11 is 0. The van der Waals surface area contributed by atoms with Crippen molar-refractivity contribution < 1.29 is 4.74 Å². The van der Waals surface area contributed by atoms with Crippen LogP contribution < -0.4 is 5.32 Å². The summed E-state index contributed by atoms with van der Waals surface area (Å²) < 4.78 is 7.38. The Hall–Kier alpha value is -1.07. The van der Waals surface area contributed by atoms with Gasteiger partial charge in [-0.05, 0) is 47.8 Å². The second-order valence-corrected chi connectivity index (χ2v) is 5.55. The average molecular weight is 268 g/mol. The van der Waals surface area contributed by atoms with Gasteiger partial charge in [-0.3, -0.25) is 0 Å². The molecule has 0 amide bonds. The van der Waals surface area contributed by atoms with E-state index in [0.717, 1.165) is 24.6 Å². The van der Waals surface area contributed by atoms with E-state index in [4.69, 9.17) is 4.74 Å². The maximum atomic E-state index is 5.22. The molecule has 5 heteroatoms. The Bertz CT molecular complexity index is 376. The van der Waals surface area contributed by atoms with E-state index in [-0.39, 0.29) is 6.04 Å². The molecule has 0 bridgehead atoms. The maximum absolute atomic E-state index is 5.22. The van der Waals surface area contributed by atoms with Crippen molar-refractivity contribution in [2.24, 2.45) is 0 Å². The van der Waals surface area contributed by atoms with E-state index >= 15 is 0 Å². The van der Waals surface area contributed by atoms with Crippen LogP contribution in [0.4, 0.5) is 5.95 Å². The summed E-state index contributed by atoms with van der Waals surface area (Å²) in [6, 6.07) is 0.687. The lowest BCUT2D eigenvalue weighted by Gasteiger charge is -2.20. The summed E-state index contributed by atoms with van der Waals surface area (Å²) in [5, 5.41) is 3.50. The minimum absolute atomic E-state index is 0.287. The molecule has 2 atom stereocenters. The Kier molecular flexibility index (Phi) is 6.31. The average Bonchev–Trinajstić information content (AvgIpc) is 2.68. The molecular formula is C14H28N4O. The molecule has 0 saturated carbocycles. The van der Waals surface area contributed by atoms with Crippen molar-refractivity contribution in [3.8, 4) is 0 Å². The quantitative estimate of drug-likeness (QED) is 0.784. The highest BCUT2D eigenvalue weighted by Crippen LogP contribution is 2.17. The fraction of sp³-hybridized carbons (Fsp3) is 0.786. The van der Waals surface area contributed by atoms with Gasteiger partial charge in [-0.25, -0.2) is 4.98 Å². The monoisotopic (exact) mass is 268 g/mol. The van der Waals surface area contributed by atoms with E-state index in [1.807, 2.05) is 6.92 Å². The molecule has 0 aromatic carbocycles. The van der Waals surface area contributed by atoms with Crippen LogP contribution in [0.15, 0.2) is 6.20 Å². The van der Waals surface area contributed by atoms with Crippen molar-refractivity contribution in [1.82, 2.24) is 14.5 Å². The molecule has 0 fully saturated rings. The van der Waals surface area contributed by atoms with Crippen LogP contribution in [0.2, 0.25) is 0 Å². The lowest BCUT2D eigenvalue weighted by Crippen LogP contribution is -2.25. The van der Waals surface area contributed by atoms with Crippen LogP contribution in [0.1, 0.15) is 32.0 Å². The molecule has 0 aliphatic rings. The number of hydrogen-bond donors (Lipinski definition) is 1. The van der Waals surface area contributed by atoms with Gasteiger partial charge in [0, 0.05) is 19.3 Å². The van der Waals surface area contributed by atoms with E-state index < -0.39 is 0 Å². The predicted molar refractivity (Wildman–Crippen MR) is 79.8 cm³/mol. The number of anilines is 1. The number of nitrogens with one attached hydrogen (secondary N) is 1. The third-order valence-corrected chi connectivity index (χ3v) is 3.12. The number of methoxy groups -OCH3 is 1. The molecule has 1 aromatic heterocycles. The molecule has 19 heavy (non-hydrogen) atoms. The van der Waals surface area contributed by atoms with Gasteiger partial charge in [-0.15, -0.1) is 0 Å². The topological polar surface area (TPSA) is 42.3 Å². The van der Waals surface area contributed by atoms with E-state index in [1.165, 1.54) is 0 Å². The highest BCUT2D eigenvalue weighted by molar-refractivity contribution is 5.30. The van der Waals surface area contributed by atoms with Crippen molar-refractivity contribution in [3.05, 3.63) is 11.9 Å². The number of nitrogens with zero attached hydrogens (tertiary/aromatic N) is 3. The molecule has 0 aliphatic carbocycles. The summed E-state index contributed by atoms with van der Waals surface area (Å²) in [5.74, 6) is 0.938. The van der Waals surface area contributed by atoms with Gasteiger partial charge in [0.2, 0.25) is 5.95 Å². The number of aromatic nitrogens is 2. The molecule has 2 unspecified atom stereocenters. The fourth-order valence-electron chi connectivity index (χ4n) is 2.02. The Morgan fingerprint density at radius 2 is 2.11 bits per heavy atom. The van der Waals surface area contributed by atoms with Gasteiger partial charge in [-0.1, -0.05) is 0 Å². The third-order valence-electron chi connectivity index (χ3n) is 3.12. The molecule has 1 heterocycles. The Labute approximate surface area is 117 Å². The number of aryl methyl sites for hydroxylation is 1. The summed E-state index contributed by atoms with van der Waals surface area (Å²) in [7, 11) is 5.92. The lowest BCUT2D eigenvalue weighted by molar-refractivity contribution is 0.163. The SMILES string of the molecule is COCC(C)n1cc(C)nc1NC(C)CCN(C)C. The fourth-order valence-corrected chi connectivity index (χ4v) is 2.02. The van der Waals surface area contributed by atoms with Gasteiger partial charge in [0.05, 0.1) is 18.3 Å². The van der Waals surface area contributed by atoms with Crippen LogP contribution in [0.25, 0.3) is 0 Å². The van der Waals surface area contributed by atoms with Crippen LogP contribution in [0.5, 0.6) is 0 Å². The molecule has 0 radical (unpaired) electrons. The van der Waals surface area contributed by atoms with Gasteiger partial charge in [0.1, 0.15) is 0 Å². The Balaban J connectivity index is 2.66. The van der Waals surface area contributed by atoms with E-state index in [1.54, 1.807) is 7.11 Å². The van der Waals surface area contributed by atoms with E-state index in [2.05, 4.69) is 53.9 Å². The van der Waals surface area contributed by atoms with Crippen molar-refractivity contribution in [1.29, 1.82) is 0 Å². The van der Waals surface area contributed by atoms with Crippen molar-refractivity contribution in [2.45, 2.75) is 39.3 Å². The first-order chi connectivity index (χ1) is 8.93. The number of imidazole rings is 1. The standard InChI is InChI=1S/C14H28N4O/c1-11(7-8-17(4)5)15-14-16-12(2)9-18(14)13(3)10-19-6/h9,11,13H,7-8,10H2,1-6H3,(H,15,16). The maximum Gasteiger partial charge on any atom is 0.203 e. The van der Waals surface area contributed by atoms with Gasteiger partial charge in [0.15, 0.2) is 0 Å². The molecule has 0 spiro atoms. The molecule has 1 aromatic rings. The van der Waals surface area contributed by atoms with Gasteiger partial charge in [-0.2, -0.15) is 0 Å². The minimum Gasteiger partial charge on any atom is -0.383 e. The van der Waals surface area contributed by atoms with Crippen LogP contribution >= 0.6 is 0 Å². The van der Waals surface area contributed by atoms with Crippen LogP contribution in [0, 0.1) is 6.92 Å². The van der Waals surface area contributed by atoms with Gasteiger partial charge < -0.3 is 19.5 Å². The van der Waals surface area contributed by atoms with Crippen molar-refractivity contribution in [2.75, 3.05) is 39.7 Å². The molecule has 0 saturated heterocycles. The Morgan fingerprint density at radius 1 is 1.42 bits per heavy atom. The number of rotatable bonds is 8. The molecule has 1 N–H and O–H groups in total. The van der Waals surface area contributed by atoms with Crippen LogP contribution in [-0.4, -0.2) is 54.8 Å². The van der Waals surface area contributed by atoms with Crippen molar-refractivity contribution >= 4 is 5.95 Å². The molecule has 5 nitrogen and oxygen atoms in total. The summed E-state index contributed by atoms with van der Waals surface area (Å²) in [4.78, 5) is 6.76. The minimum atomic E-state index is 0.287. The normalized spacial score (nSPS) is 14.7. The molecule has 1 rings (SSSR count). The first-order valence-electron chi connectivity index (χ1n) is 6.89. The molecule has 110 valence electrons. The summed E-state index contributed by atoms with van der Waals surface area (Å²) in [6.45, 7) is 8.11. The zero-order valence-electron chi connectivity index (χ0n) is 13.1. The second kappa shape index (κ2) is 7.50. The highest BCUT2D eigenvalue weighted by Gasteiger charge is 2.13. The largest absolute Gasteiger partial charge is 0.383 e. The van der Waals surface area contributed by atoms with Gasteiger partial charge in [0.25, 0.3) is 0 Å². The zero-order valence-corrected chi connectivity index (χ0v) is 13.1. The second-order valence-electron chi connectivity index (χ2n) is 5.55. The smallest absolute Gasteiger partial charge is 0.203 e. The first-order valence-corrected chi connectivity index (χ1v) is 6.89. The van der Waals surface area contributed by atoms with Crippen molar-refractivity contribution in [3.63, 3.8) is 0 Å². The van der Waals surface area contributed by atoms with Crippen LogP contribution in [-0.2, 0) is 4.74 Å². The zero-order chi connectivity index (χ0) is 14.4. The lowest BCUT2D eigenvalue weighted by atomic mass is 10.2. The summed E-state index contributed by atoms with van der Waals surface area (Å²) in [5.41, 5.74) is 1.03. The number of hydrogen-bond acceptors (Lipinski definition) is 4. The molecule has 0 aliphatic heterocycles. The van der Waals surface area contributed by atoms with E-state index in [9.17, 15) is 0 Å². The number of ether oxygens (including phenoxy) is 1. The summed E-state index contributed by atoms with van der Waals surface area (Å²) in [6.07, 6.45) is 3.17. The first kappa shape index (κ1) is 16.0. The van der Waals surface area contributed by atoms with Gasteiger partial charge >= 0.3 is 0 Å². The molecular weight excluding hydrogens is 240 g/mol. The van der Waals surface area contributed by atoms with Crippen LogP contribution in [0.3, 0.4) is 0 Å². The predicted octanol–water partition coefficient (Wildman–Crippen LogP) is 2.15. The highest BCUT2D eigenvalue weighted by atomic mass is 16.5. The Morgan fingerprint density at radius 3 is 2.68 bits per heavy atom. The van der Waals surface area contributed by atoms with E-state index in [0.29, 0.717) is 12.6 Å².